The van der Waals surface area contributed by atoms with Crippen LogP contribution in [-0.4, -0.2) is 27.6 Å². The summed E-state index contributed by atoms with van der Waals surface area (Å²) in [5.74, 6) is 0. The monoisotopic (exact) mass is 249 g/mol. The van der Waals surface area contributed by atoms with Crippen molar-refractivity contribution in [2.45, 2.75) is 38.3 Å². The lowest BCUT2D eigenvalue weighted by Crippen LogP contribution is -2.44. The second kappa shape index (κ2) is 5.61. The molecular formula is C14H19NOS. The van der Waals surface area contributed by atoms with E-state index < -0.39 is 0 Å². The topological polar surface area (TPSA) is 23.5 Å². The van der Waals surface area contributed by atoms with Gasteiger partial charge in [0, 0.05) is 6.04 Å². The fraction of sp³-hybridized carbons (Fsp3) is 0.500. The number of likely N-dealkylation sites (tertiary alicyclic amines) is 1. The van der Waals surface area contributed by atoms with Crippen molar-refractivity contribution in [1.82, 2.24) is 4.90 Å². The fourth-order valence-corrected chi connectivity index (χ4v) is 3.02. The normalized spacial score (nSPS) is 22.6. The summed E-state index contributed by atoms with van der Waals surface area (Å²) >= 11 is 5.46. The van der Waals surface area contributed by atoms with Crippen molar-refractivity contribution in [3.8, 4) is 0 Å². The van der Waals surface area contributed by atoms with Gasteiger partial charge in [-0.25, -0.2) is 0 Å². The molecule has 1 saturated heterocycles. The van der Waals surface area contributed by atoms with E-state index in [2.05, 4.69) is 24.0 Å². The maximum Gasteiger partial charge on any atom is 0.0787 e. The minimum absolute atomic E-state index is 0.0130. The average Bonchev–Trinajstić information content (AvgIpc) is 2.35. The SMILES string of the molecule is CC1CCCC(=S)N1C(CO)c1ccccc1. The van der Waals surface area contributed by atoms with Crippen LogP contribution >= 0.6 is 12.2 Å². The molecule has 17 heavy (non-hydrogen) atoms. The van der Waals surface area contributed by atoms with Gasteiger partial charge in [0.2, 0.25) is 0 Å². The van der Waals surface area contributed by atoms with Crippen LogP contribution in [0, 0.1) is 0 Å². The van der Waals surface area contributed by atoms with Gasteiger partial charge in [0.05, 0.1) is 17.6 Å². The summed E-state index contributed by atoms with van der Waals surface area (Å²) in [6.07, 6.45) is 3.30. The molecule has 0 aliphatic carbocycles. The Balaban J connectivity index is 2.25. The molecule has 0 saturated carbocycles. The molecule has 2 rings (SSSR count). The van der Waals surface area contributed by atoms with E-state index in [0.29, 0.717) is 6.04 Å². The highest BCUT2D eigenvalue weighted by atomic mass is 32.1. The highest BCUT2D eigenvalue weighted by Gasteiger charge is 2.29. The molecule has 0 bridgehead atoms. The molecule has 1 aliphatic rings. The van der Waals surface area contributed by atoms with E-state index in [1.807, 2.05) is 18.2 Å². The van der Waals surface area contributed by atoms with Gasteiger partial charge in [-0.2, -0.15) is 0 Å². The van der Waals surface area contributed by atoms with Crippen molar-refractivity contribution in [3.63, 3.8) is 0 Å². The van der Waals surface area contributed by atoms with Crippen molar-refractivity contribution in [2.75, 3.05) is 6.61 Å². The first-order chi connectivity index (χ1) is 8.24. The molecule has 2 unspecified atom stereocenters. The van der Waals surface area contributed by atoms with Crippen molar-refractivity contribution >= 4 is 17.2 Å². The summed E-state index contributed by atoms with van der Waals surface area (Å²) in [6, 6.07) is 10.6. The highest BCUT2D eigenvalue weighted by molar-refractivity contribution is 7.80. The van der Waals surface area contributed by atoms with Crippen LogP contribution in [0.2, 0.25) is 0 Å². The lowest BCUT2D eigenvalue weighted by molar-refractivity contribution is 0.141. The summed E-state index contributed by atoms with van der Waals surface area (Å²) in [6.45, 7) is 2.31. The minimum atomic E-state index is 0.0130. The number of benzene rings is 1. The summed E-state index contributed by atoms with van der Waals surface area (Å²) in [5, 5.41) is 9.67. The maximum atomic E-state index is 9.67. The van der Waals surface area contributed by atoms with Gasteiger partial charge >= 0.3 is 0 Å². The zero-order chi connectivity index (χ0) is 12.3. The van der Waals surface area contributed by atoms with Crippen molar-refractivity contribution in [3.05, 3.63) is 35.9 Å². The summed E-state index contributed by atoms with van der Waals surface area (Å²) in [4.78, 5) is 3.21. The molecule has 3 heteroatoms. The van der Waals surface area contributed by atoms with E-state index >= 15 is 0 Å². The first-order valence-corrected chi connectivity index (χ1v) is 6.62. The molecule has 1 fully saturated rings. The van der Waals surface area contributed by atoms with Gasteiger partial charge in [0.1, 0.15) is 0 Å². The molecular weight excluding hydrogens is 230 g/mol. The molecule has 0 radical (unpaired) electrons. The quantitative estimate of drug-likeness (QED) is 0.833. The Bertz CT molecular complexity index is 379. The summed E-state index contributed by atoms with van der Waals surface area (Å²) < 4.78 is 0. The van der Waals surface area contributed by atoms with Crippen LogP contribution in [0.5, 0.6) is 0 Å². The van der Waals surface area contributed by atoms with E-state index in [0.717, 1.165) is 23.4 Å². The van der Waals surface area contributed by atoms with Crippen LogP contribution in [-0.2, 0) is 0 Å². The zero-order valence-electron chi connectivity index (χ0n) is 10.2. The Kier molecular flexibility index (Phi) is 4.13. The molecule has 92 valence electrons. The van der Waals surface area contributed by atoms with E-state index in [1.54, 1.807) is 0 Å². The van der Waals surface area contributed by atoms with Crippen LogP contribution in [0.4, 0.5) is 0 Å². The van der Waals surface area contributed by atoms with Crippen LogP contribution in [0.1, 0.15) is 37.8 Å². The summed E-state index contributed by atoms with van der Waals surface area (Å²) in [7, 11) is 0. The Morgan fingerprint density at radius 2 is 2.12 bits per heavy atom. The first kappa shape index (κ1) is 12.5. The number of piperidine rings is 1. The first-order valence-electron chi connectivity index (χ1n) is 6.21. The number of thiocarbonyl (C=S) groups is 1. The summed E-state index contributed by atoms with van der Waals surface area (Å²) in [5.41, 5.74) is 1.14. The number of rotatable bonds is 3. The number of hydrogen-bond acceptors (Lipinski definition) is 2. The number of hydrogen-bond donors (Lipinski definition) is 1. The van der Waals surface area contributed by atoms with E-state index in [9.17, 15) is 5.11 Å². The van der Waals surface area contributed by atoms with Gasteiger partial charge in [-0.1, -0.05) is 42.5 Å². The standard InChI is InChI=1S/C14H19NOS/c1-11-6-5-9-14(17)15(11)13(10-16)12-7-3-2-4-8-12/h2-4,7-8,11,13,16H,5-6,9-10H2,1H3. The molecule has 2 atom stereocenters. The van der Waals surface area contributed by atoms with Crippen molar-refractivity contribution < 1.29 is 5.11 Å². The van der Waals surface area contributed by atoms with Gasteiger partial charge in [0.25, 0.3) is 0 Å². The Hall–Kier alpha value is -0.930. The number of nitrogens with zero attached hydrogens (tertiary/aromatic N) is 1. The third-order valence-electron chi connectivity index (χ3n) is 3.47. The minimum Gasteiger partial charge on any atom is -0.394 e. The number of aliphatic hydroxyl groups excluding tert-OH is 1. The average molecular weight is 249 g/mol. The molecule has 2 nitrogen and oxygen atoms in total. The van der Waals surface area contributed by atoms with Gasteiger partial charge in [-0.15, -0.1) is 0 Å². The molecule has 0 spiro atoms. The Labute approximate surface area is 108 Å². The van der Waals surface area contributed by atoms with Crippen LogP contribution in [0.15, 0.2) is 30.3 Å². The lowest BCUT2D eigenvalue weighted by atomic mass is 9.97. The van der Waals surface area contributed by atoms with Crippen LogP contribution in [0.25, 0.3) is 0 Å². The molecule has 1 aromatic carbocycles. The van der Waals surface area contributed by atoms with E-state index in [-0.39, 0.29) is 12.6 Å². The molecule has 1 N–H and O–H groups in total. The molecule has 1 aromatic rings. The zero-order valence-corrected chi connectivity index (χ0v) is 11.0. The molecule has 1 heterocycles. The third kappa shape index (κ3) is 2.67. The van der Waals surface area contributed by atoms with Gasteiger partial charge in [-0.05, 0) is 31.7 Å². The Morgan fingerprint density at radius 3 is 2.71 bits per heavy atom. The maximum absolute atomic E-state index is 9.67. The van der Waals surface area contributed by atoms with Crippen LogP contribution < -0.4 is 0 Å². The smallest absolute Gasteiger partial charge is 0.0787 e. The second-order valence-corrected chi connectivity index (χ2v) is 5.12. The Morgan fingerprint density at radius 1 is 1.41 bits per heavy atom. The molecule has 0 amide bonds. The van der Waals surface area contributed by atoms with Crippen molar-refractivity contribution in [1.29, 1.82) is 0 Å². The second-order valence-electron chi connectivity index (χ2n) is 4.65. The van der Waals surface area contributed by atoms with Crippen LogP contribution in [0.3, 0.4) is 0 Å². The largest absolute Gasteiger partial charge is 0.394 e. The van der Waals surface area contributed by atoms with Crippen molar-refractivity contribution in [2.24, 2.45) is 0 Å². The fourth-order valence-electron chi connectivity index (χ4n) is 2.57. The van der Waals surface area contributed by atoms with Gasteiger partial charge < -0.3 is 10.0 Å². The third-order valence-corrected chi connectivity index (χ3v) is 3.88. The number of aliphatic hydroxyl groups is 1. The predicted molar refractivity (Wildman–Crippen MR) is 74.0 cm³/mol. The van der Waals surface area contributed by atoms with Gasteiger partial charge in [0.15, 0.2) is 0 Å². The van der Waals surface area contributed by atoms with E-state index in [4.69, 9.17) is 12.2 Å². The highest BCUT2D eigenvalue weighted by Crippen LogP contribution is 2.29. The lowest BCUT2D eigenvalue weighted by Gasteiger charge is -2.41. The molecule has 1 aliphatic heterocycles. The molecule has 0 aromatic heterocycles. The van der Waals surface area contributed by atoms with E-state index in [1.165, 1.54) is 6.42 Å². The predicted octanol–water partition coefficient (Wildman–Crippen LogP) is 2.92. The van der Waals surface area contributed by atoms with Gasteiger partial charge in [-0.3, -0.25) is 0 Å².